The van der Waals surface area contributed by atoms with E-state index >= 15 is 0 Å². The standard InChI is InChI=1S/C14H15NO2S/c1-15(12-7-14(9-16)18-10-12)8-11-3-5-13(17-2)6-4-11/h3-7,9-10H,8H2,1-2H3. The molecule has 0 radical (unpaired) electrons. The van der Waals surface area contributed by atoms with Crippen molar-refractivity contribution in [3.63, 3.8) is 0 Å². The SMILES string of the molecule is COc1ccc(CN(C)c2csc(C=O)c2)cc1. The van der Waals surface area contributed by atoms with Crippen molar-refractivity contribution in [2.45, 2.75) is 6.54 Å². The van der Waals surface area contributed by atoms with Gasteiger partial charge in [-0.2, -0.15) is 0 Å². The number of ether oxygens (including phenoxy) is 1. The molecule has 0 spiro atoms. The van der Waals surface area contributed by atoms with Crippen LogP contribution >= 0.6 is 11.3 Å². The number of anilines is 1. The lowest BCUT2D eigenvalue weighted by Gasteiger charge is -2.17. The maximum absolute atomic E-state index is 10.6. The van der Waals surface area contributed by atoms with E-state index in [0.717, 1.165) is 29.1 Å². The first-order chi connectivity index (χ1) is 8.72. The summed E-state index contributed by atoms with van der Waals surface area (Å²) >= 11 is 1.46. The van der Waals surface area contributed by atoms with E-state index in [0.29, 0.717) is 0 Å². The van der Waals surface area contributed by atoms with Gasteiger partial charge in [0.2, 0.25) is 0 Å². The maximum atomic E-state index is 10.6. The molecule has 0 bridgehead atoms. The van der Waals surface area contributed by atoms with Crippen molar-refractivity contribution in [3.05, 3.63) is 46.2 Å². The minimum absolute atomic E-state index is 0.756. The predicted molar refractivity (Wildman–Crippen MR) is 74.8 cm³/mol. The molecule has 0 N–H and O–H groups in total. The highest BCUT2D eigenvalue weighted by molar-refractivity contribution is 7.12. The van der Waals surface area contributed by atoms with Crippen molar-refractivity contribution >= 4 is 23.3 Å². The van der Waals surface area contributed by atoms with E-state index in [2.05, 4.69) is 4.90 Å². The Bertz CT molecular complexity index is 519. The zero-order chi connectivity index (χ0) is 13.0. The van der Waals surface area contributed by atoms with Crippen molar-refractivity contribution in [1.29, 1.82) is 0 Å². The number of nitrogens with zero attached hydrogens (tertiary/aromatic N) is 1. The normalized spacial score (nSPS) is 10.1. The molecule has 1 aromatic heterocycles. The topological polar surface area (TPSA) is 29.5 Å². The van der Waals surface area contributed by atoms with Gasteiger partial charge >= 0.3 is 0 Å². The average Bonchev–Trinajstić information content (AvgIpc) is 2.88. The van der Waals surface area contributed by atoms with Crippen molar-refractivity contribution in [2.75, 3.05) is 19.1 Å². The first-order valence-electron chi connectivity index (χ1n) is 5.60. The molecular formula is C14H15NO2S. The molecule has 0 atom stereocenters. The van der Waals surface area contributed by atoms with Crippen LogP contribution < -0.4 is 9.64 Å². The van der Waals surface area contributed by atoms with Crippen LogP contribution in [0.4, 0.5) is 5.69 Å². The number of carbonyl (C=O) groups is 1. The zero-order valence-electron chi connectivity index (χ0n) is 10.4. The lowest BCUT2D eigenvalue weighted by atomic mass is 10.2. The third-order valence-electron chi connectivity index (χ3n) is 2.74. The molecule has 1 aromatic carbocycles. The summed E-state index contributed by atoms with van der Waals surface area (Å²) < 4.78 is 5.13. The quantitative estimate of drug-likeness (QED) is 0.774. The number of rotatable bonds is 5. The summed E-state index contributed by atoms with van der Waals surface area (Å²) in [5.74, 6) is 0.861. The smallest absolute Gasteiger partial charge is 0.160 e. The number of aldehydes is 1. The van der Waals surface area contributed by atoms with Gasteiger partial charge in [0.1, 0.15) is 5.75 Å². The summed E-state index contributed by atoms with van der Waals surface area (Å²) in [5.41, 5.74) is 2.27. The predicted octanol–water partition coefficient (Wildman–Crippen LogP) is 3.21. The Hall–Kier alpha value is -1.81. The molecular weight excluding hydrogens is 246 g/mol. The fourth-order valence-electron chi connectivity index (χ4n) is 1.70. The van der Waals surface area contributed by atoms with Crippen molar-refractivity contribution < 1.29 is 9.53 Å². The van der Waals surface area contributed by atoms with Gasteiger partial charge in [0.05, 0.1) is 12.0 Å². The molecule has 0 aliphatic rings. The molecule has 0 saturated carbocycles. The van der Waals surface area contributed by atoms with Gasteiger partial charge in [0.15, 0.2) is 6.29 Å². The molecule has 1 heterocycles. The van der Waals surface area contributed by atoms with E-state index < -0.39 is 0 Å². The Morgan fingerprint density at radius 2 is 2.06 bits per heavy atom. The summed E-state index contributed by atoms with van der Waals surface area (Å²) in [6.07, 6.45) is 0.884. The Morgan fingerprint density at radius 3 is 2.61 bits per heavy atom. The second kappa shape index (κ2) is 5.69. The Labute approximate surface area is 111 Å². The molecule has 94 valence electrons. The zero-order valence-corrected chi connectivity index (χ0v) is 11.2. The van der Waals surface area contributed by atoms with Crippen LogP contribution in [-0.4, -0.2) is 20.4 Å². The summed E-state index contributed by atoms with van der Waals surface area (Å²) in [7, 11) is 3.67. The van der Waals surface area contributed by atoms with Gasteiger partial charge in [0, 0.05) is 24.7 Å². The Balaban J connectivity index is 2.05. The van der Waals surface area contributed by atoms with Crippen LogP contribution in [0.3, 0.4) is 0 Å². The number of thiophene rings is 1. The highest BCUT2D eigenvalue weighted by Gasteiger charge is 2.05. The maximum Gasteiger partial charge on any atom is 0.160 e. The molecule has 0 unspecified atom stereocenters. The second-order valence-electron chi connectivity index (χ2n) is 4.03. The monoisotopic (exact) mass is 261 g/mol. The molecule has 4 heteroatoms. The summed E-state index contributed by atoms with van der Waals surface area (Å²) in [6, 6.07) is 9.90. The summed E-state index contributed by atoms with van der Waals surface area (Å²) in [4.78, 5) is 13.5. The van der Waals surface area contributed by atoms with Gasteiger partial charge in [-0.3, -0.25) is 4.79 Å². The van der Waals surface area contributed by atoms with Crippen LogP contribution in [0.2, 0.25) is 0 Å². The van der Waals surface area contributed by atoms with Crippen LogP contribution in [0.5, 0.6) is 5.75 Å². The lowest BCUT2D eigenvalue weighted by Crippen LogP contribution is -2.15. The van der Waals surface area contributed by atoms with Gasteiger partial charge in [-0.05, 0) is 23.8 Å². The molecule has 0 amide bonds. The third kappa shape index (κ3) is 2.90. The van der Waals surface area contributed by atoms with E-state index in [1.54, 1.807) is 7.11 Å². The number of hydrogen-bond acceptors (Lipinski definition) is 4. The summed E-state index contributed by atoms with van der Waals surface area (Å²) in [6.45, 7) is 0.805. The first kappa shape index (κ1) is 12.6. The number of methoxy groups -OCH3 is 1. The van der Waals surface area contributed by atoms with Gasteiger partial charge in [-0.1, -0.05) is 12.1 Å². The highest BCUT2D eigenvalue weighted by atomic mass is 32.1. The van der Waals surface area contributed by atoms with Gasteiger partial charge in [-0.15, -0.1) is 11.3 Å². The highest BCUT2D eigenvalue weighted by Crippen LogP contribution is 2.23. The minimum atomic E-state index is 0.756. The summed E-state index contributed by atoms with van der Waals surface area (Å²) in [5, 5.41) is 1.99. The molecule has 2 aromatic rings. The van der Waals surface area contributed by atoms with E-state index in [1.165, 1.54) is 16.9 Å². The van der Waals surface area contributed by atoms with Crippen LogP contribution in [0.1, 0.15) is 15.2 Å². The van der Waals surface area contributed by atoms with Crippen LogP contribution in [-0.2, 0) is 6.54 Å². The van der Waals surface area contributed by atoms with Gasteiger partial charge in [-0.25, -0.2) is 0 Å². The third-order valence-corrected chi connectivity index (χ3v) is 3.59. The first-order valence-corrected chi connectivity index (χ1v) is 6.48. The number of benzene rings is 1. The van der Waals surface area contributed by atoms with Crippen molar-refractivity contribution in [3.8, 4) is 5.75 Å². The molecule has 0 aliphatic heterocycles. The lowest BCUT2D eigenvalue weighted by molar-refractivity contribution is 0.112. The minimum Gasteiger partial charge on any atom is -0.497 e. The van der Waals surface area contributed by atoms with Crippen LogP contribution in [0.25, 0.3) is 0 Å². The fourth-order valence-corrected chi connectivity index (χ4v) is 2.45. The van der Waals surface area contributed by atoms with Crippen molar-refractivity contribution in [1.82, 2.24) is 0 Å². The van der Waals surface area contributed by atoms with E-state index in [9.17, 15) is 4.79 Å². The molecule has 2 rings (SSSR count). The average molecular weight is 261 g/mol. The van der Waals surface area contributed by atoms with Crippen LogP contribution in [0, 0.1) is 0 Å². The molecule has 3 nitrogen and oxygen atoms in total. The largest absolute Gasteiger partial charge is 0.497 e. The number of carbonyl (C=O) groups excluding carboxylic acids is 1. The van der Waals surface area contributed by atoms with E-state index in [1.807, 2.05) is 42.8 Å². The molecule has 0 aliphatic carbocycles. The van der Waals surface area contributed by atoms with Crippen molar-refractivity contribution in [2.24, 2.45) is 0 Å². The Morgan fingerprint density at radius 1 is 1.33 bits per heavy atom. The molecule has 18 heavy (non-hydrogen) atoms. The Kier molecular flexibility index (Phi) is 3.99. The fraction of sp³-hybridized carbons (Fsp3) is 0.214. The van der Waals surface area contributed by atoms with Gasteiger partial charge < -0.3 is 9.64 Å². The number of hydrogen-bond donors (Lipinski definition) is 0. The molecule has 0 saturated heterocycles. The molecule has 0 fully saturated rings. The van der Waals surface area contributed by atoms with Gasteiger partial charge in [0.25, 0.3) is 0 Å². The van der Waals surface area contributed by atoms with Crippen LogP contribution in [0.15, 0.2) is 35.7 Å². The van der Waals surface area contributed by atoms with E-state index in [4.69, 9.17) is 4.74 Å². The second-order valence-corrected chi connectivity index (χ2v) is 4.97. The van der Waals surface area contributed by atoms with E-state index in [-0.39, 0.29) is 0 Å².